The maximum absolute atomic E-state index is 12.8. The van der Waals surface area contributed by atoms with Crippen LogP contribution in [-0.4, -0.2) is 29.2 Å². The Morgan fingerprint density at radius 1 is 1.28 bits per heavy atom. The summed E-state index contributed by atoms with van der Waals surface area (Å²) in [6, 6.07) is 0.311. The van der Waals surface area contributed by atoms with E-state index in [2.05, 4.69) is 19.9 Å². The molecule has 18 heavy (non-hydrogen) atoms. The Kier molecular flexibility index (Phi) is 5.06. The van der Waals surface area contributed by atoms with Crippen molar-refractivity contribution in [3.8, 4) is 0 Å². The summed E-state index contributed by atoms with van der Waals surface area (Å²) < 4.78 is 54.2. The van der Waals surface area contributed by atoms with E-state index < -0.39 is 18.2 Å². The van der Waals surface area contributed by atoms with Gasteiger partial charge in [-0.3, -0.25) is 0 Å². The van der Waals surface area contributed by atoms with Crippen molar-refractivity contribution in [2.45, 2.75) is 45.1 Å². The maximum Gasteiger partial charge on any atom is 0.382 e. The number of rotatable bonds is 7. The Morgan fingerprint density at radius 2 is 1.94 bits per heavy atom. The number of halogens is 4. The van der Waals surface area contributed by atoms with Crippen LogP contribution in [0, 0.1) is 0 Å². The number of hydrogen-bond acceptors (Lipinski definition) is 4. The van der Waals surface area contributed by atoms with Crippen LogP contribution in [0.5, 0.6) is 0 Å². The Bertz CT molecular complexity index is 368. The number of alkyl halides is 4. The van der Waals surface area contributed by atoms with Crippen molar-refractivity contribution in [1.29, 1.82) is 0 Å². The summed E-state index contributed by atoms with van der Waals surface area (Å²) in [6.07, 6.45) is -2.99. The van der Waals surface area contributed by atoms with Crippen molar-refractivity contribution in [1.82, 2.24) is 15.5 Å². The second kappa shape index (κ2) is 6.12. The molecule has 0 aliphatic carbocycles. The molecular weight excluding hydrogens is 254 g/mol. The van der Waals surface area contributed by atoms with Crippen LogP contribution in [0.3, 0.4) is 0 Å². The Morgan fingerprint density at radius 3 is 2.50 bits per heavy atom. The van der Waals surface area contributed by atoms with Crippen molar-refractivity contribution >= 4 is 0 Å². The number of nitrogens with zero attached hydrogens (tertiary/aromatic N) is 2. The van der Waals surface area contributed by atoms with Crippen molar-refractivity contribution < 1.29 is 22.0 Å². The number of hydrogen-bond donors (Lipinski definition) is 1. The number of aryl methyl sites for hydroxylation is 1. The zero-order chi connectivity index (χ0) is 13.8. The molecule has 1 heterocycles. The van der Waals surface area contributed by atoms with Gasteiger partial charge in [0.2, 0.25) is 5.89 Å². The molecule has 104 valence electrons. The van der Waals surface area contributed by atoms with Gasteiger partial charge in [0.05, 0.1) is 0 Å². The lowest BCUT2D eigenvalue weighted by Crippen LogP contribution is -2.24. The predicted octanol–water partition coefficient (Wildman–Crippen LogP) is 2.36. The highest BCUT2D eigenvalue weighted by Gasteiger charge is 2.48. The minimum atomic E-state index is -4.39. The molecule has 0 saturated carbocycles. The molecule has 0 aliphatic heterocycles. The molecule has 0 fully saturated rings. The van der Waals surface area contributed by atoms with Gasteiger partial charge in [-0.15, -0.1) is 10.2 Å². The Hall–Kier alpha value is -1.18. The van der Waals surface area contributed by atoms with E-state index in [0.717, 1.165) is 0 Å². The average molecular weight is 269 g/mol. The van der Waals surface area contributed by atoms with Gasteiger partial charge in [0, 0.05) is 12.5 Å². The van der Waals surface area contributed by atoms with Crippen LogP contribution < -0.4 is 5.32 Å². The molecule has 0 bridgehead atoms. The highest BCUT2D eigenvalue weighted by atomic mass is 19.3. The van der Waals surface area contributed by atoms with Crippen molar-refractivity contribution in [2.24, 2.45) is 0 Å². The molecular formula is C10H15F4N3O. The lowest BCUT2D eigenvalue weighted by atomic mass is 10.3. The van der Waals surface area contributed by atoms with E-state index in [0.29, 0.717) is 19.0 Å². The smallest absolute Gasteiger partial charge is 0.382 e. The molecule has 1 rings (SSSR count). The first kappa shape index (κ1) is 14.9. The largest absolute Gasteiger partial charge is 0.419 e. The van der Waals surface area contributed by atoms with Crippen LogP contribution in [0.15, 0.2) is 4.42 Å². The minimum absolute atomic E-state index is 0.0594. The van der Waals surface area contributed by atoms with Crippen LogP contribution in [0.1, 0.15) is 32.0 Å². The lowest BCUT2D eigenvalue weighted by Gasteiger charge is -2.09. The molecule has 0 radical (unpaired) electrons. The van der Waals surface area contributed by atoms with Crippen LogP contribution in [0.2, 0.25) is 0 Å². The summed E-state index contributed by atoms with van der Waals surface area (Å²) in [5, 5.41) is 9.39. The van der Waals surface area contributed by atoms with E-state index in [1.54, 1.807) is 0 Å². The normalized spacial score (nSPS) is 12.7. The topological polar surface area (TPSA) is 51.0 Å². The first-order valence-corrected chi connectivity index (χ1v) is 5.56. The van der Waals surface area contributed by atoms with Gasteiger partial charge in [-0.1, -0.05) is 13.8 Å². The van der Waals surface area contributed by atoms with Gasteiger partial charge in [-0.2, -0.15) is 8.78 Å². The van der Waals surface area contributed by atoms with Gasteiger partial charge in [0.1, 0.15) is 0 Å². The minimum Gasteiger partial charge on any atom is -0.419 e. The first-order chi connectivity index (χ1) is 8.34. The summed E-state index contributed by atoms with van der Waals surface area (Å²) in [5.41, 5.74) is 0. The molecule has 0 aliphatic rings. The zero-order valence-corrected chi connectivity index (χ0v) is 10.1. The first-order valence-electron chi connectivity index (χ1n) is 5.56. The van der Waals surface area contributed by atoms with E-state index in [9.17, 15) is 17.6 Å². The molecule has 1 N–H and O–H groups in total. The molecule has 0 saturated heterocycles. The fraction of sp³-hybridized carbons (Fsp3) is 0.800. The van der Waals surface area contributed by atoms with Crippen molar-refractivity contribution in [2.75, 3.05) is 6.54 Å². The lowest BCUT2D eigenvalue weighted by molar-refractivity contribution is -0.151. The standard InChI is InChI=1S/C10H15F4N3O/c1-6(2)15-5-3-4-7-16-17-9(18-7)10(13,14)8(11)12/h6,8,15H,3-5H2,1-2H3. The molecule has 0 unspecified atom stereocenters. The van der Waals surface area contributed by atoms with Gasteiger partial charge >= 0.3 is 12.3 Å². The second-order valence-corrected chi connectivity index (χ2v) is 4.14. The summed E-state index contributed by atoms with van der Waals surface area (Å²) in [4.78, 5) is 0. The van der Waals surface area contributed by atoms with Crippen LogP contribution in [0.25, 0.3) is 0 Å². The fourth-order valence-corrected chi connectivity index (χ4v) is 1.21. The summed E-state index contributed by atoms with van der Waals surface area (Å²) in [7, 11) is 0. The maximum atomic E-state index is 12.8. The number of nitrogens with one attached hydrogen (secondary N) is 1. The van der Waals surface area contributed by atoms with E-state index in [-0.39, 0.29) is 12.3 Å². The zero-order valence-electron chi connectivity index (χ0n) is 10.1. The van der Waals surface area contributed by atoms with Gasteiger partial charge in [0.25, 0.3) is 5.89 Å². The van der Waals surface area contributed by atoms with Gasteiger partial charge < -0.3 is 9.73 Å². The summed E-state index contributed by atoms with van der Waals surface area (Å²) in [6.45, 7) is 4.59. The van der Waals surface area contributed by atoms with Gasteiger partial charge in [-0.25, -0.2) is 8.78 Å². The third kappa shape index (κ3) is 3.94. The van der Waals surface area contributed by atoms with Crippen LogP contribution in [-0.2, 0) is 12.3 Å². The van der Waals surface area contributed by atoms with E-state index in [1.807, 2.05) is 13.8 Å². The molecule has 4 nitrogen and oxygen atoms in total. The predicted molar refractivity (Wildman–Crippen MR) is 55.7 cm³/mol. The number of aromatic nitrogens is 2. The molecule has 0 aromatic carbocycles. The van der Waals surface area contributed by atoms with Gasteiger partial charge in [-0.05, 0) is 13.0 Å². The second-order valence-electron chi connectivity index (χ2n) is 4.14. The highest BCUT2D eigenvalue weighted by Crippen LogP contribution is 2.33. The summed E-state index contributed by atoms with van der Waals surface area (Å²) >= 11 is 0. The molecule has 1 aromatic heterocycles. The Labute approximate surface area is 102 Å². The Balaban J connectivity index is 2.49. The van der Waals surface area contributed by atoms with E-state index >= 15 is 0 Å². The van der Waals surface area contributed by atoms with E-state index in [1.165, 1.54) is 0 Å². The van der Waals surface area contributed by atoms with Gasteiger partial charge in [0.15, 0.2) is 0 Å². The van der Waals surface area contributed by atoms with Crippen molar-refractivity contribution in [3.05, 3.63) is 11.8 Å². The van der Waals surface area contributed by atoms with E-state index in [4.69, 9.17) is 0 Å². The quantitative estimate of drug-likeness (QED) is 0.610. The highest BCUT2D eigenvalue weighted by molar-refractivity contribution is 4.93. The molecule has 1 aromatic rings. The molecule has 0 spiro atoms. The molecule has 0 atom stereocenters. The van der Waals surface area contributed by atoms with Crippen molar-refractivity contribution in [3.63, 3.8) is 0 Å². The fourth-order valence-electron chi connectivity index (χ4n) is 1.21. The summed E-state index contributed by atoms with van der Waals surface area (Å²) in [5.74, 6) is -5.78. The third-order valence-corrected chi connectivity index (χ3v) is 2.15. The van der Waals surface area contributed by atoms with Crippen LogP contribution in [0.4, 0.5) is 17.6 Å². The monoisotopic (exact) mass is 269 g/mol. The molecule has 0 amide bonds. The third-order valence-electron chi connectivity index (χ3n) is 2.15. The van der Waals surface area contributed by atoms with Crippen LogP contribution >= 0.6 is 0 Å². The SMILES string of the molecule is CC(C)NCCCc1nnc(C(F)(F)C(F)F)o1. The average Bonchev–Trinajstić information content (AvgIpc) is 2.73. The molecule has 8 heteroatoms.